The topological polar surface area (TPSA) is 12.5 Å². The molecule has 1 aliphatic heterocycles. The quantitative estimate of drug-likeness (QED) is 0.589. The van der Waals surface area contributed by atoms with Gasteiger partial charge in [0, 0.05) is 0 Å². The standard InChI is InChI=1S/C9H8F2O/c1-5-6(8-4-12-8)2-3-7(10)9(5)11/h2-3,8H,4H2,1H3. The molecule has 1 nitrogen and oxygen atoms in total. The SMILES string of the molecule is Cc1c(C2CO2)ccc(F)c1F. The summed E-state index contributed by atoms with van der Waals surface area (Å²) < 4.78 is 30.6. The third-order valence-electron chi connectivity index (χ3n) is 2.06. The van der Waals surface area contributed by atoms with Crippen molar-refractivity contribution in [2.24, 2.45) is 0 Å². The molecule has 0 saturated carbocycles. The van der Waals surface area contributed by atoms with Gasteiger partial charge in [-0.2, -0.15) is 0 Å². The maximum Gasteiger partial charge on any atom is 0.162 e. The molecule has 0 spiro atoms. The van der Waals surface area contributed by atoms with Crippen LogP contribution in [-0.2, 0) is 4.74 Å². The summed E-state index contributed by atoms with van der Waals surface area (Å²) in [5.74, 6) is -1.56. The lowest BCUT2D eigenvalue weighted by Gasteiger charge is -2.03. The number of rotatable bonds is 1. The Morgan fingerprint density at radius 1 is 1.42 bits per heavy atom. The lowest BCUT2D eigenvalue weighted by atomic mass is 10.1. The van der Waals surface area contributed by atoms with E-state index < -0.39 is 11.6 Å². The maximum atomic E-state index is 12.9. The largest absolute Gasteiger partial charge is 0.368 e. The first-order valence-electron chi connectivity index (χ1n) is 3.76. The van der Waals surface area contributed by atoms with Crippen LogP contribution in [0, 0.1) is 18.6 Å². The van der Waals surface area contributed by atoms with E-state index in [1.807, 2.05) is 0 Å². The number of epoxide rings is 1. The van der Waals surface area contributed by atoms with Crippen LogP contribution in [0.1, 0.15) is 17.2 Å². The Hall–Kier alpha value is -0.960. The molecule has 1 aromatic rings. The highest BCUT2D eigenvalue weighted by Crippen LogP contribution is 2.33. The van der Waals surface area contributed by atoms with Gasteiger partial charge in [0.25, 0.3) is 0 Å². The zero-order chi connectivity index (χ0) is 8.72. The first kappa shape index (κ1) is 7.68. The second-order valence-electron chi connectivity index (χ2n) is 2.90. The Morgan fingerprint density at radius 3 is 2.67 bits per heavy atom. The molecule has 3 heteroatoms. The smallest absolute Gasteiger partial charge is 0.162 e. The molecule has 0 bridgehead atoms. The predicted molar refractivity (Wildman–Crippen MR) is 39.8 cm³/mol. The summed E-state index contributed by atoms with van der Waals surface area (Å²) >= 11 is 0. The first-order chi connectivity index (χ1) is 5.70. The lowest BCUT2D eigenvalue weighted by Crippen LogP contribution is -1.94. The van der Waals surface area contributed by atoms with E-state index >= 15 is 0 Å². The minimum Gasteiger partial charge on any atom is -0.368 e. The molecule has 12 heavy (non-hydrogen) atoms. The molecular formula is C9H8F2O. The van der Waals surface area contributed by atoms with E-state index in [0.717, 1.165) is 11.6 Å². The molecule has 1 unspecified atom stereocenters. The minimum atomic E-state index is -0.795. The van der Waals surface area contributed by atoms with E-state index in [0.29, 0.717) is 12.2 Å². The molecule has 0 amide bonds. The second kappa shape index (κ2) is 2.52. The Labute approximate surface area is 69.0 Å². The molecule has 0 N–H and O–H groups in total. The van der Waals surface area contributed by atoms with E-state index in [1.54, 1.807) is 13.0 Å². The van der Waals surface area contributed by atoms with Crippen molar-refractivity contribution in [1.82, 2.24) is 0 Å². The van der Waals surface area contributed by atoms with Gasteiger partial charge in [-0.3, -0.25) is 0 Å². The minimum absolute atomic E-state index is 0.0138. The predicted octanol–water partition coefficient (Wildman–Crippen LogP) is 2.34. The van der Waals surface area contributed by atoms with Crippen molar-refractivity contribution < 1.29 is 13.5 Å². The molecule has 0 radical (unpaired) electrons. The third kappa shape index (κ3) is 1.10. The van der Waals surface area contributed by atoms with E-state index in [1.165, 1.54) is 0 Å². The molecule has 1 aromatic carbocycles. The summed E-state index contributed by atoms with van der Waals surface area (Å²) in [7, 11) is 0. The number of benzene rings is 1. The highest BCUT2D eigenvalue weighted by atomic mass is 19.2. The summed E-state index contributed by atoms with van der Waals surface area (Å²) in [6.07, 6.45) is -0.0138. The van der Waals surface area contributed by atoms with Crippen LogP contribution >= 0.6 is 0 Å². The van der Waals surface area contributed by atoms with Gasteiger partial charge in [-0.1, -0.05) is 6.07 Å². The third-order valence-corrected chi connectivity index (χ3v) is 2.06. The monoisotopic (exact) mass is 170 g/mol. The van der Waals surface area contributed by atoms with Crippen molar-refractivity contribution in [3.63, 3.8) is 0 Å². The van der Waals surface area contributed by atoms with Crippen molar-refractivity contribution in [2.75, 3.05) is 6.61 Å². The van der Waals surface area contributed by atoms with Gasteiger partial charge >= 0.3 is 0 Å². The van der Waals surface area contributed by atoms with E-state index in [-0.39, 0.29) is 6.10 Å². The van der Waals surface area contributed by atoms with Gasteiger partial charge in [0.2, 0.25) is 0 Å². The van der Waals surface area contributed by atoms with Gasteiger partial charge in [0.05, 0.1) is 6.61 Å². The van der Waals surface area contributed by atoms with Crippen molar-refractivity contribution in [2.45, 2.75) is 13.0 Å². The van der Waals surface area contributed by atoms with Crippen molar-refractivity contribution in [3.8, 4) is 0 Å². The van der Waals surface area contributed by atoms with Crippen LogP contribution in [0.3, 0.4) is 0 Å². The van der Waals surface area contributed by atoms with Crippen LogP contribution in [0.2, 0.25) is 0 Å². The van der Waals surface area contributed by atoms with Crippen LogP contribution in [0.25, 0.3) is 0 Å². The van der Waals surface area contributed by atoms with Gasteiger partial charge in [0.1, 0.15) is 6.10 Å². The van der Waals surface area contributed by atoms with E-state index in [9.17, 15) is 8.78 Å². The summed E-state index contributed by atoms with van der Waals surface area (Å²) in [4.78, 5) is 0. The van der Waals surface area contributed by atoms with Gasteiger partial charge < -0.3 is 4.74 Å². The first-order valence-corrected chi connectivity index (χ1v) is 3.76. The normalized spacial score (nSPS) is 21.1. The molecule has 1 fully saturated rings. The molecular weight excluding hydrogens is 162 g/mol. The molecule has 0 aromatic heterocycles. The van der Waals surface area contributed by atoms with Gasteiger partial charge in [-0.15, -0.1) is 0 Å². The summed E-state index contributed by atoms with van der Waals surface area (Å²) in [6, 6.07) is 2.71. The zero-order valence-electron chi connectivity index (χ0n) is 6.60. The highest BCUT2D eigenvalue weighted by Gasteiger charge is 2.27. The van der Waals surface area contributed by atoms with Crippen LogP contribution in [0.4, 0.5) is 8.78 Å². The molecule has 64 valence electrons. The average molecular weight is 170 g/mol. The Balaban J connectivity index is 2.49. The maximum absolute atomic E-state index is 12.9. The molecule has 1 atom stereocenters. The van der Waals surface area contributed by atoms with Crippen molar-refractivity contribution in [1.29, 1.82) is 0 Å². The van der Waals surface area contributed by atoms with E-state index in [2.05, 4.69) is 0 Å². The average Bonchev–Trinajstić information content (AvgIpc) is 2.84. The van der Waals surface area contributed by atoms with E-state index in [4.69, 9.17) is 4.74 Å². The molecule has 0 aliphatic carbocycles. The number of hydrogen-bond donors (Lipinski definition) is 0. The van der Waals surface area contributed by atoms with Crippen LogP contribution in [0.15, 0.2) is 12.1 Å². The van der Waals surface area contributed by atoms with Crippen LogP contribution in [-0.4, -0.2) is 6.61 Å². The Kier molecular flexibility index (Phi) is 1.61. The summed E-state index contributed by atoms with van der Waals surface area (Å²) in [5, 5.41) is 0. The molecule has 2 rings (SSSR count). The highest BCUT2D eigenvalue weighted by molar-refractivity contribution is 5.31. The van der Waals surface area contributed by atoms with Crippen LogP contribution < -0.4 is 0 Å². The second-order valence-corrected chi connectivity index (χ2v) is 2.90. The van der Waals surface area contributed by atoms with Crippen molar-refractivity contribution >= 4 is 0 Å². The number of hydrogen-bond acceptors (Lipinski definition) is 1. The fourth-order valence-corrected chi connectivity index (χ4v) is 1.24. The molecule has 1 saturated heterocycles. The van der Waals surface area contributed by atoms with Gasteiger partial charge in [0.15, 0.2) is 11.6 Å². The summed E-state index contributed by atoms with van der Waals surface area (Å²) in [6.45, 7) is 2.18. The van der Waals surface area contributed by atoms with Gasteiger partial charge in [-0.25, -0.2) is 8.78 Å². The fraction of sp³-hybridized carbons (Fsp3) is 0.333. The van der Waals surface area contributed by atoms with Crippen LogP contribution in [0.5, 0.6) is 0 Å². The lowest BCUT2D eigenvalue weighted by molar-refractivity contribution is 0.412. The molecule has 1 heterocycles. The summed E-state index contributed by atoms with van der Waals surface area (Å²) in [5.41, 5.74) is 1.12. The number of halogens is 2. The Morgan fingerprint density at radius 2 is 2.08 bits per heavy atom. The van der Waals surface area contributed by atoms with Gasteiger partial charge in [-0.05, 0) is 24.1 Å². The Bertz CT molecular complexity index is 319. The van der Waals surface area contributed by atoms with Crippen molar-refractivity contribution in [3.05, 3.63) is 34.9 Å². The molecule has 1 aliphatic rings. The number of ether oxygens (including phenoxy) is 1. The fourth-order valence-electron chi connectivity index (χ4n) is 1.24. The zero-order valence-corrected chi connectivity index (χ0v) is 6.60.